The van der Waals surface area contributed by atoms with E-state index in [2.05, 4.69) is 4.90 Å². The molecule has 0 aliphatic carbocycles. The number of methoxy groups -OCH3 is 1. The van der Waals surface area contributed by atoms with Crippen LogP contribution in [0.5, 0.6) is 5.75 Å². The van der Waals surface area contributed by atoms with E-state index in [1.807, 2.05) is 6.92 Å². The van der Waals surface area contributed by atoms with Crippen LogP contribution in [-0.4, -0.2) is 60.9 Å². The normalized spacial score (nSPS) is 17.1. The van der Waals surface area contributed by atoms with Crippen molar-refractivity contribution in [2.24, 2.45) is 0 Å². The Hall–Kier alpha value is -1.93. The molecule has 1 aromatic rings. The molecule has 1 N–H and O–H groups in total. The third-order valence-corrected chi connectivity index (χ3v) is 4.29. The number of aliphatic hydroxyl groups is 1. The second kappa shape index (κ2) is 7.56. The van der Waals surface area contributed by atoms with Crippen LogP contribution < -0.4 is 9.64 Å². The Morgan fingerprint density at radius 3 is 2.52 bits per heavy atom. The van der Waals surface area contributed by atoms with E-state index in [1.165, 1.54) is 13.2 Å². The summed E-state index contributed by atoms with van der Waals surface area (Å²) in [5, 5.41) is 20.6. The van der Waals surface area contributed by atoms with Crippen LogP contribution in [0.25, 0.3) is 0 Å². The van der Waals surface area contributed by atoms with E-state index in [0.717, 1.165) is 12.5 Å². The molecule has 1 aromatic carbocycles. The maximum atomic E-state index is 14.0. The lowest BCUT2D eigenvalue weighted by molar-refractivity contribution is -0.386. The largest absolute Gasteiger partial charge is 0.497 e. The number of rotatable bonds is 6. The molecule has 1 heterocycles. The molecule has 23 heavy (non-hydrogen) atoms. The molecule has 0 aromatic heterocycles. The van der Waals surface area contributed by atoms with E-state index in [4.69, 9.17) is 4.74 Å². The highest BCUT2D eigenvalue weighted by Crippen LogP contribution is 2.35. The second-order valence-corrected chi connectivity index (χ2v) is 5.50. The third kappa shape index (κ3) is 3.70. The van der Waals surface area contributed by atoms with Gasteiger partial charge in [-0.25, -0.2) is 0 Å². The summed E-state index contributed by atoms with van der Waals surface area (Å²) in [5.41, 5.74) is -0.281. The van der Waals surface area contributed by atoms with Crippen LogP contribution in [0.3, 0.4) is 0 Å². The van der Waals surface area contributed by atoms with E-state index in [9.17, 15) is 19.6 Å². The molecular weight excluding hydrogens is 305 g/mol. The van der Waals surface area contributed by atoms with Crippen LogP contribution in [0.15, 0.2) is 12.1 Å². The molecule has 128 valence electrons. The summed E-state index contributed by atoms with van der Waals surface area (Å²) < 4.78 is 19.0. The van der Waals surface area contributed by atoms with Gasteiger partial charge in [0.2, 0.25) is 5.82 Å². The van der Waals surface area contributed by atoms with E-state index in [-0.39, 0.29) is 24.1 Å². The lowest BCUT2D eigenvalue weighted by Gasteiger charge is -2.39. The number of halogens is 1. The number of ether oxygens (including phenoxy) is 1. The van der Waals surface area contributed by atoms with Gasteiger partial charge in [-0.3, -0.25) is 15.0 Å². The summed E-state index contributed by atoms with van der Waals surface area (Å²) in [6.07, 6.45) is 0.838. The van der Waals surface area contributed by atoms with Crippen molar-refractivity contribution in [3.63, 3.8) is 0 Å². The van der Waals surface area contributed by atoms with Crippen molar-refractivity contribution in [1.82, 2.24) is 4.90 Å². The van der Waals surface area contributed by atoms with Gasteiger partial charge in [-0.2, -0.15) is 4.39 Å². The molecule has 1 fully saturated rings. The van der Waals surface area contributed by atoms with Crippen LogP contribution in [-0.2, 0) is 0 Å². The average molecular weight is 327 g/mol. The number of nitro groups is 1. The smallest absolute Gasteiger partial charge is 0.328 e. The minimum atomic E-state index is -0.895. The summed E-state index contributed by atoms with van der Waals surface area (Å²) >= 11 is 0. The van der Waals surface area contributed by atoms with Gasteiger partial charge in [0.15, 0.2) is 0 Å². The SMILES string of the molecule is CCC(CO)N1CCN(c2cc(OC)cc(F)c2[N+](=O)[O-])CC1. The van der Waals surface area contributed by atoms with Gasteiger partial charge in [0, 0.05) is 44.4 Å². The van der Waals surface area contributed by atoms with Gasteiger partial charge in [0.05, 0.1) is 18.6 Å². The summed E-state index contributed by atoms with van der Waals surface area (Å²) in [7, 11) is 1.40. The van der Waals surface area contributed by atoms with Gasteiger partial charge >= 0.3 is 5.69 Å². The Morgan fingerprint density at radius 1 is 1.39 bits per heavy atom. The molecular formula is C15H22FN3O4. The molecule has 0 bridgehead atoms. The van der Waals surface area contributed by atoms with Crippen LogP contribution >= 0.6 is 0 Å². The fraction of sp³-hybridized carbons (Fsp3) is 0.600. The maximum Gasteiger partial charge on any atom is 0.328 e. The highest BCUT2D eigenvalue weighted by Gasteiger charge is 2.29. The molecule has 8 heteroatoms. The molecule has 0 saturated carbocycles. The molecule has 1 aliphatic heterocycles. The van der Waals surface area contributed by atoms with Gasteiger partial charge in [-0.1, -0.05) is 6.92 Å². The number of aliphatic hydroxyl groups excluding tert-OH is 1. The van der Waals surface area contributed by atoms with Crippen LogP contribution in [0.2, 0.25) is 0 Å². The zero-order valence-electron chi connectivity index (χ0n) is 13.4. The van der Waals surface area contributed by atoms with Crippen molar-refractivity contribution in [2.45, 2.75) is 19.4 Å². The highest BCUT2D eigenvalue weighted by atomic mass is 19.1. The Labute approximate surface area is 134 Å². The van der Waals surface area contributed by atoms with Gasteiger partial charge < -0.3 is 14.7 Å². The number of hydrogen-bond acceptors (Lipinski definition) is 6. The van der Waals surface area contributed by atoms with Crippen LogP contribution in [0.1, 0.15) is 13.3 Å². The standard InChI is InChI=1S/C15H22FN3O4/c1-3-11(10-20)17-4-6-18(7-5-17)14-9-12(23-2)8-13(16)15(14)19(21)22/h8-9,11,20H,3-7,10H2,1-2H3. The average Bonchev–Trinajstić information content (AvgIpc) is 2.55. The lowest BCUT2D eigenvalue weighted by atomic mass is 10.1. The van der Waals surface area contributed by atoms with Crippen LogP contribution in [0.4, 0.5) is 15.8 Å². The fourth-order valence-electron chi connectivity index (χ4n) is 2.93. The molecule has 1 unspecified atom stereocenters. The predicted molar refractivity (Wildman–Crippen MR) is 84.6 cm³/mol. The topological polar surface area (TPSA) is 79.1 Å². The molecule has 0 spiro atoms. The Balaban J connectivity index is 2.23. The number of benzene rings is 1. The molecule has 0 radical (unpaired) electrons. The summed E-state index contributed by atoms with van der Waals surface area (Å²) in [6.45, 7) is 4.48. The van der Waals surface area contributed by atoms with Crippen molar-refractivity contribution >= 4 is 11.4 Å². The first-order valence-corrected chi connectivity index (χ1v) is 7.63. The molecule has 7 nitrogen and oxygen atoms in total. The highest BCUT2D eigenvalue weighted by molar-refractivity contribution is 5.66. The summed E-state index contributed by atoms with van der Waals surface area (Å²) in [5.74, 6) is -0.638. The van der Waals surface area contributed by atoms with E-state index in [0.29, 0.717) is 26.2 Å². The van der Waals surface area contributed by atoms with Crippen molar-refractivity contribution < 1.29 is 19.2 Å². The number of nitrogens with zero attached hydrogens (tertiary/aromatic N) is 3. The molecule has 1 aliphatic rings. The minimum absolute atomic E-state index is 0.0877. The van der Waals surface area contributed by atoms with Crippen molar-refractivity contribution in [2.75, 3.05) is 44.8 Å². The summed E-state index contributed by atoms with van der Waals surface area (Å²) in [4.78, 5) is 14.5. The molecule has 2 rings (SSSR count). The zero-order valence-corrected chi connectivity index (χ0v) is 13.4. The van der Waals surface area contributed by atoms with Gasteiger partial charge in [-0.15, -0.1) is 0 Å². The zero-order chi connectivity index (χ0) is 17.0. The van der Waals surface area contributed by atoms with Gasteiger partial charge in [0.25, 0.3) is 0 Å². The molecule has 0 amide bonds. The molecule has 1 atom stereocenters. The second-order valence-electron chi connectivity index (χ2n) is 5.50. The first-order valence-electron chi connectivity index (χ1n) is 7.63. The Kier molecular flexibility index (Phi) is 5.73. The minimum Gasteiger partial charge on any atom is -0.497 e. The lowest BCUT2D eigenvalue weighted by Crippen LogP contribution is -2.51. The Morgan fingerprint density at radius 2 is 2.04 bits per heavy atom. The first kappa shape index (κ1) is 17.4. The first-order chi connectivity index (χ1) is 11.0. The summed E-state index contributed by atoms with van der Waals surface area (Å²) in [6, 6.07) is 2.62. The number of nitro benzene ring substituents is 1. The Bertz CT molecular complexity index is 558. The van der Waals surface area contributed by atoms with E-state index >= 15 is 0 Å². The van der Waals surface area contributed by atoms with Gasteiger partial charge in [0.1, 0.15) is 11.4 Å². The number of hydrogen-bond donors (Lipinski definition) is 1. The van der Waals surface area contributed by atoms with Crippen molar-refractivity contribution in [3.8, 4) is 5.75 Å². The quantitative estimate of drug-likeness (QED) is 0.632. The van der Waals surface area contributed by atoms with Crippen LogP contribution in [0, 0.1) is 15.9 Å². The fourth-order valence-corrected chi connectivity index (χ4v) is 2.93. The monoisotopic (exact) mass is 327 g/mol. The van der Waals surface area contributed by atoms with E-state index in [1.54, 1.807) is 4.90 Å². The van der Waals surface area contributed by atoms with E-state index < -0.39 is 16.4 Å². The number of piperazine rings is 1. The predicted octanol–water partition coefficient (Wildman–Crippen LogP) is 1.64. The number of anilines is 1. The van der Waals surface area contributed by atoms with Gasteiger partial charge in [-0.05, 0) is 6.42 Å². The van der Waals surface area contributed by atoms with Crippen molar-refractivity contribution in [1.29, 1.82) is 0 Å². The van der Waals surface area contributed by atoms with Crippen molar-refractivity contribution in [3.05, 3.63) is 28.1 Å². The maximum absolute atomic E-state index is 14.0. The third-order valence-electron chi connectivity index (χ3n) is 4.29. The molecule has 1 saturated heterocycles.